The standard InChI is InChI=1S/C11H13N3O.ClH/c1-8-11(2,12)10(15)14(13-8)9-6-4-3-5-7-9;/h3-7H,12H2,1-2H3;1H. The van der Waals surface area contributed by atoms with E-state index >= 15 is 0 Å². The second-order valence-electron chi connectivity index (χ2n) is 3.84. The summed E-state index contributed by atoms with van der Waals surface area (Å²) in [6.45, 7) is 3.44. The maximum absolute atomic E-state index is 11.9. The van der Waals surface area contributed by atoms with E-state index in [4.69, 9.17) is 5.73 Å². The second kappa shape index (κ2) is 4.23. The lowest BCUT2D eigenvalue weighted by Gasteiger charge is -2.18. The van der Waals surface area contributed by atoms with Crippen LogP contribution >= 0.6 is 12.4 Å². The van der Waals surface area contributed by atoms with Crippen LogP contribution < -0.4 is 10.7 Å². The molecule has 1 heterocycles. The summed E-state index contributed by atoms with van der Waals surface area (Å²) in [5.74, 6) is -0.189. The number of rotatable bonds is 1. The van der Waals surface area contributed by atoms with Crippen LogP contribution in [0.2, 0.25) is 0 Å². The molecule has 4 nitrogen and oxygen atoms in total. The quantitative estimate of drug-likeness (QED) is 0.808. The van der Waals surface area contributed by atoms with E-state index in [2.05, 4.69) is 5.10 Å². The summed E-state index contributed by atoms with van der Waals surface area (Å²) in [6, 6.07) is 9.27. The molecule has 1 unspecified atom stereocenters. The predicted molar refractivity (Wildman–Crippen MR) is 66.9 cm³/mol. The topological polar surface area (TPSA) is 58.7 Å². The van der Waals surface area contributed by atoms with Gasteiger partial charge < -0.3 is 5.73 Å². The lowest BCUT2D eigenvalue weighted by Crippen LogP contribution is -2.51. The molecule has 1 aliphatic rings. The van der Waals surface area contributed by atoms with Crippen LogP contribution in [-0.2, 0) is 4.79 Å². The van der Waals surface area contributed by atoms with Crippen molar-refractivity contribution >= 4 is 29.7 Å². The molecule has 0 saturated carbocycles. The van der Waals surface area contributed by atoms with Gasteiger partial charge in [0.2, 0.25) is 0 Å². The monoisotopic (exact) mass is 239 g/mol. The lowest BCUT2D eigenvalue weighted by molar-refractivity contribution is -0.120. The number of nitrogens with two attached hydrogens (primary N) is 1. The molecular weight excluding hydrogens is 226 g/mol. The van der Waals surface area contributed by atoms with Crippen LogP contribution in [0.5, 0.6) is 0 Å². The minimum Gasteiger partial charge on any atom is -0.313 e. The van der Waals surface area contributed by atoms with E-state index in [1.165, 1.54) is 5.01 Å². The van der Waals surface area contributed by atoms with Crippen LogP contribution in [0.25, 0.3) is 0 Å². The first-order valence-corrected chi connectivity index (χ1v) is 4.77. The van der Waals surface area contributed by atoms with Gasteiger partial charge in [-0.1, -0.05) is 18.2 Å². The van der Waals surface area contributed by atoms with Crippen molar-refractivity contribution in [1.82, 2.24) is 0 Å². The molecule has 0 spiro atoms. The van der Waals surface area contributed by atoms with Gasteiger partial charge in [-0.15, -0.1) is 12.4 Å². The highest BCUT2D eigenvalue weighted by Gasteiger charge is 2.42. The van der Waals surface area contributed by atoms with Gasteiger partial charge in [-0.05, 0) is 26.0 Å². The third-order valence-corrected chi connectivity index (χ3v) is 2.64. The van der Waals surface area contributed by atoms with Gasteiger partial charge in [0.1, 0.15) is 5.54 Å². The minimum atomic E-state index is -0.976. The molecule has 0 radical (unpaired) electrons. The number of hydrogen-bond acceptors (Lipinski definition) is 3. The van der Waals surface area contributed by atoms with E-state index in [-0.39, 0.29) is 18.3 Å². The number of halogens is 1. The Kier molecular flexibility index (Phi) is 3.35. The van der Waals surface area contributed by atoms with Crippen LogP contribution in [0.4, 0.5) is 5.69 Å². The Morgan fingerprint density at radius 3 is 2.31 bits per heavy atom. The average molecular weight is 240 g/mol. The van der Waals surface area contributed by atoms with E-state index in [1.54, 1.807) is 13.8 Å². The smallest absolute Gasteiger partial charge is 0.273 e. The molecular formula is C11H14ClN3O. The summed E-state index contributed by atoms with van der Waals surface area (Å²) in [4.78, 5) is 11.9. The maximum Gasteiger partial charge on any atom is 0.273 e. The van der Waals surface area contributed by atoms with Crippen molar-refractivity contribution in [3.63, 3.8) is 0 Å². The highest BCUT2D eigenvalue weighted by atomic mass is 35.5. The zero-order valence-electron chi connectivity index (χ0n) is 9.18. The van der Waals surface area contributed by atoms with E-state index in [1.807, 2.05) is 30.3 Å². The lowest BCUT2D eigenvalue weighted by atomic mass is 9.98. The van der Waals surface area contributed by atoms with Gasteiger partial charge in [0.05, 0.1) is 11.4 Å². The summed E-state index contributed by atoms with van der Waals surface area (Å²) in [5.41, 5.74) is 6.28. The summed E-state index contributed by atoms with van der Waals surface area (Å²) in [5, 5.41) is 5.52. The Morgan fingerprint density at radius 1 is 1.31 bits per heavy atom. The van der Waals surface area contributed by atoms with E-state index in [0.717, 1.165) is 5.69 Å². The second-order valence-corrected chi connectivity index (χ2v) is 3.84. The summed E-state index contributed by atoms with van der Waals surface area (Å²) in [6.07, 6.45) is 0. The number of carbonyl (C=O) groups is 1. The van der Waals surface area contributed by atoms with Crippen LogP contribution in [-0.4, -0.2) is 17.2 Å². The zero-order chi connectivity index (χ0) is 11.1. The van der Waals surface area contributed by atoms with Crippen molar-refractivity contribution < 1.29 is 4.79 Å². The summed E-state index contributed by atoms with van der Waals surface area (Å²) >= 11 is 0. The Morgan fingerprint density at radius 2 is 1.88 bits per heavy atom. The van der Waals surface area contributed by atoms with Crippen LogP contribution in [0, 0.1) is 0 Å². The highest BCUT2D eigenvalue weighted by Crippen LogP contribution is 2.24. The number of hydrogen-bond donors (Lipinski definition) is 1. The third kappa shape index (κ3) is 1.81. The van der Waals surface area contributed by atoms with Crippen molar-refractivity contribution in [2.45, 2.75) is 19.4 Å². The molecule has 86 valence electrons. The largest absolute Gasteiger partial charge is 0.313 e. The number of carbonyl (C=O) groups excluding carboxylic acids is 1. The molecule has 0 aromatic heterocycles. The van der Waals surface area contributed by atoms with Gasteiger partial charge in [0.25, 0.3) is 5.91 Å². The van der Waals surface area contributed by atoms with Gasteiger partial charge in [-0.2, -0.15) is 10.1 Å². The fourth-order valence-corrected chi connectivity index (χ4v) is 1.42. The minimum absolute atomic E-state index is 0. The number of benzene rings is 1. The number of amides is 1. The van der Waals surface area contributed by atoms with Crippen molar-refractivity contribution in [2.24, 2.45) is 10.8 Å². The molecule has 16 heavy (non-hydrogen) atoms. The van der Waals surface area contributed by atoms with Crippen LogP contribution in [0.15, 0.2) is 35.4 Å². The summed E-state index contributed by atoms with van der Waals surface area (Å²) in [7, 11) is 0. The third-order valence-electron chi connectivity index (χ3n) is 2.64. The molecule has 0 fully saturated rings. The molecule has 1 atom stereocenters. The maximum atomic E-state index is 11.9. The molecule has 1 aromatic rings. The van der Waals surface area contributed by atoms with E-state index in [0.29, 0.717) is 5.71 Å². The van der Waals surface area contributed by atoms with Gasteiger partial charge >= 0.3 is 0 Å². The van der Waals surface area contributed by atoms with Crippen molar-refractivity contribution in [3.8, 4) is 0 Å². The first-order chi connectivity index (χ1) is 7.03. The predicted octanol–water partition coefficient (Wildman–Crippen LogP) is 1.55. The molecule has 1 aliphatic heterocycles. The number of hydrazone groups is 1. The van der Waals surface area contributed by atoms with Crippen LogP contribution in [0.1, 0.15) is 13.8 Å². The number of nitrogens with zero attached hydrogens (tertiary/aromatic N) is 2. The molecule has 1 aromatic carbocycles. The average Bonchev–Trinajstić information content (AvgIpc) is 2.44. The Labute approximate surface area is 101 Å². The van der Waals surface area contributed by atoms with Crippen molar-refractivity contribution in [3.05, 3.63) is 30.3 Å². The van der Waals surface area contributed by atoms with Gasteiger partial charge in [0, 0.05) is 0 Å². The van der Waals surface area contributed by atoms with Crippen molar-refractivity contribution in [1.29, 1.82) is 0 Å². The van der Waals surface area contributed by atoms with E-state index < -0.39 is 5.54 Å². The van der Waals surface area contributed by atoms with E-state index in [9.17, 15) is 4.79 Å². The molecule has 0 bridgehead atoms. The van der Waals surface area contributed by atoms with Crippen LogP contribution in [0.3, 0.4) is 0 Å². The Bertz CT molecular complexity index is 428. The number of anilines is 1. The molecule has 5 heteroatoms. The molecule has 0 saturated heterocycles. The normalized spacial score (nSPS) is 24.1. The molecule has 2 N–H and O–H groups in total. The highest BCUT2D eigenvalue weighted by molar-refractivity contribution is 6.21. The molecule has 2 rings (SSSR count). The Hall–Kier alpha value is -1.39. The fraction of sp³-hybridized carbons (Fsp3) is 0.273. The first kappa shape index (κ1) is 12.7. The first-order valence-electron chi connectivity index (χ1n) is 4.77. The molecule has 1 amide bonds. The van der Waals surface area contributed by atoms with Gasteiger partial charge in [-0.25, -0.2) is 0 Å². The fourth-order valence-electron chi connectivity index (χ4n) is 1.42. The summed E-state index contributed by atoms with van der Waals surface area (Å²) < 4.78 is 0. The van der Waals surface area contributed by atoms with Crippen molar-refractivity contribution in [2.75, 3.05) is 5.01 Å². The SMILES string of the molecule is CC1=NN(c2ccccc2)C(=O)C1(C)N.Cl. The van der Waals surface area contributed by atoms with Gasteiger partial charge in [-0.3, -0.25) is 4.79 Å². The Balaban J connectivity index is 0.00000128. The van der Waals surface area contributed by atoms with Gasteiger partial charge in [0.15, 0.2) is 0 Å². The zero-order valence-corrected chi connectivity index (χ0v) is 9.99. The molecule has 0 aliphatic carbocycles. The number of para-hydroxylation sites is 1.